The molecule has 0 atom stereocenters. The quantitative estimate of drug-likeness (QED) is 0.494. The van der Waals surface area contributed by atoms with Crippen molar-refractivity contribution >= 4 is 34.8 Å². The van der Waals surface area contributed by atoms with Gasteiger partial charge in [0.2, 0.25) is 11.8 Å². The Morgan fingerprint density at radius 2 is 2.03 bits per heavy atom. The Kier molecular flexibility index (Phi) is 7.49. The highest BCUT2D eigenvalue weighted by molar-refractivity contribution is 6.34. The van der Waals surface area contributed by atoms with Crippen LogP contribution in [-0.4, -0.2) is 48.0 Å². The summed E-state index contributed by atoms with van der Waals surface area (Å²) in [6, 6.07) is 13.1. The van der Waals surface area contributed by atoms with Gasteiger partial charge in [-0.3, -0.25) is 4.79 Å². The molecule has 1 aromatic heterocycles. The molecule has 0 bridgehead atoms. The first kappa shape index (κ1) is 24.5. The highest BCUT2D eigenvalue weighted by Gasteiger charge is 2.21. The number of methoxy groups -OCH3 is 1. The molecule has 1 aliphatic rings. The van der Waals surface area contributed by atoms with Gasteiger partial charge in [-0.15, -0.1) is 0 Å². The molecule has 8 nitrogen and oxygen atoms in total. The number of carbonyl (C=O) groups is 1. The van der Waals surface area contributed by atoms with Crippen LogP contribution in [0, 0.1) is 18.3 Å². The number of anilines is 3. The number of rotatable bonds is 6. The van der Waals surface area contributed by atoms with Crippen LogP contribution in [0.25, 0.3) is 0 Å². The van der Waals surface area contributed by atoms with E-state index in [1.807, 2.05) is 12.1 Å². The molecule has 0 unspecified atom stereocenters. The van der Waals surface area contributed by atoms with E-state index < -0.39 is 5.91 Å². The number of aryl methyl sites for hydroxylation is 1. The monoisotopic (exact) mass is 490 g/mol. The molecule has 4 rings (SSSR count). The highest BCUT2D eigenvalue weighted by atomic mass is 35.5. The molecular formula is C26H27ClN6O2. The van der Waals surface area contributed by atoms with Gasteiger partial charge < -0.3 is 20.3 Å². The molecule has 2 heterocycles. The molecule has 180 valence electrons. The van der Waals surface area contributed by atoms with Crippen LogP contribution < -0.4 is 15.4 Å². The Balaban J connectivity index is 1.50. The van der Waals surface area contributed by atoms with Gasteiger partial charge in [-0.1, -0.05) is 23.7 Å². The molecule has 1 aliphatic heterocycles. The molecule has 0 spiro atoms. The summed E-state index contributed by atoms with van der Waals surface area (Å²) in [7, 11) is 3.60. The van der Waals surface area contributed by atoms with E-state index in [-0.39, 0.29) is 27.7 Å². The van der Waals surface area contributed by atoms with Crippen molar-refractivity contribution in [1.29, 1.82) is 5.26 Å². The Labute approximate surface area is 209 Å². The summed E-state index contributed by atoms with van der Waals surface area (Å²) in [6.45, 7) is 4.36. The van der Waals surface area contributed by atoms with Gasteiger partial charge in [0.15, 0.2) is 0 Å². The van der Waals surface area contributed by atoms with Crippen LogP contribution in [0.3, 0.4) is 0 Å². The first-order valence-electron chi connectivity index (χ1n) is 11.4. The van der Waals surface area contributed by atoms with E-state index in [2.05, 4.69) is 51.6 Å². The van der Waals surface area contributed by atoms with Crippen molar-refractivity contribution in [2.45, 2.75) is 25.7 Å². The van der Waals surface area contributed by atoms with Crippen molar-refractivity contribution in [1.82, 2.24) is 14.9 Å². The van der Waals surface area contributed by atoms with Crippen LogP contribution in [0.1, 0.15) is 45.8 Å². The second-order valence-corrected chi connectivity index (χ2v) is 9.03. The number of likely N-dealkylation sites (tertiary alicyclic amines) is 1. The Hall–Kier alpha value is -3.67. The van der Waals surface area contributed by atoms with Crippen molar-refractivity contribution in [2.75, 3.05) is 37.9 Å². The summed E-state index contributed by atoms with van der Waals surface area (Å²) in [4.78, 5) is 23.9. The number of piperidine rings is 1. The fourth-order valence-electron chi connectivity index (χ4n) is 4.32. The number of nitriles is 1. The topological polar surface area (TPSA) is 103 Å². The zero-order chi connectivity index (χ0) is 24.9. The molecule has 0 radical (unpaired) electrons. The van der Waals surface area contributed by atoms with Crippen molar-refractivity contribution in [3.8, 4) is 11.9 Å². The van der Waals surface area contributed by atoms with Gasteiger partial charge in [0.25, 0.3) is 5.91 Å². The third-order valence-electron chi connectivity index (χ3n) is 6.25. The van der Waals surface area contributed by atoms with Crippen LogP contribution in [0.4, 0.5) is 17.3 Å². The third-order valence-corrected chi connectivity index (χ3v) is 6.56. The molecule has 0 saturated carbocycles. The molecule has 35 heavy (non-hydrogen) atoms. The number of nitrogens with zero attached hydrogens (tertiary/aromatic N) is 4. The van der Waals surface area contributed by atoms with Crippen LogP contribution in [0.2, 0.25) is 5.02 Å². The smallest absolute Gasteiger partial charge is 0.262 e. The lowest BCUT2D eigenvalue weighted by atomic mass is 9.87. The standard InChI is InChI=1S/C26H27ClN6O2/c1-16-13-19(7-8-20(16)17-9-11-33(2)12-10-17)30-26-29-15-21(25(32-26)35-3)24(34)31-23-18(14-28)5-4-6-22(23)27/h4-8,13,15,17H,9-12H2,1-3H3,(H,31,34)(H,29,30,32). The van der Waals surface area contributed by atoms with Gasteiger partial charge in [0.05, 0.1) is 23.4 Å². The van der Waals surface area contributed by atoms with Gasteiger partial charge in [0.1, 0.15) is 11.6 Å². The second kappa shape index (κ2) is 10.7. The molecule has 2 N–H and O–H groups in total. The molecular weight excluding hydrogens is 464 g/mol. The minimum Gasteiger partial charge on any atom is -0.480 e. The van der Waals surface area contributed by atoms with Crippen molar-refractivity contribution in [3.63, 3.8) is 0 Å². The SMILES string of the molecule is COc1nc(Nc2ccc(C3CCN(C)CC3)c(C)c2)ncc1C(=O)Nc1c(Cl)cccc1C#N. The summed E-state index contributed by atoms with van der Waals surface area (Å²) < 4.78 is 5.35. The maximum atomic E-state index is 12.9. The van der Waals surface area contributed by atoms with Gasteiger partial charge in [-0.25, -0.2) is 4.98 Å². The average molecular weight is 491 g/mol. The lowest BCUT2D eigenvalue weighted by Gasteiger charge is -2.30. The number of ether oxygens (including phenoxy) is 1. The lowest BCUT2D eigenvalue weighted by molar-refractivity contribution is 0.102. The molecule has 9 heteroatoms. The minimum absolute atomic E-state index is 0.102. The van der Waals surface area contributed by atoms with Crippen molar-refractivity contribution in [3.05, 3.63) is 69.9 Å². The first-order valence-corrected chi connectivity index (χ1v) is 11.7. The highest BCUT2D eigenvalue weighted by Crippen LogP contribution is 2.32. The fraction of sp³-hybridized carbons (Fsp3) is 0.308. The summed E-state index contributed by atoms with van der Waals surface area (Å²) >= 11 is 6.17. The largest absolute Gasteiger partial charge is 0.480 e. The van der Waals surface area contributed by atoms with E-state index in [9.17, 15) is 10.1 Å². The lowest BCUT2D eigenvalue weighted by Crippen LogP contribution is -2.29. The fourth-order valence-corrected chi connectivity index (χ4v) is 4.54. The number of amides is 1. The van der Waals surface area contributed by atoms with Gasteiger partial charge in [-0.2, -0.15) is 10.2 Å². The Bertz CT molecular complexity index is 1280. The van der Waals surface area contributed by atoms with E-state index in [1.165, 1.54) is 24.4 Å². The number of aromatic nitrogens is 2. The number of carbonyl (C=O) groups excluding carboxylic acids is 1. The van der Waals surface area contributed by atoms with E-state index in [4.69, 9.17) is 16.3 Å². The molecule has 3 aromatic rings. The van der Waals surface area contributed by atoms with Gasteiger partial charge >= 0.3 is 0 Å². The van der Waals surface area contributed by atoms with Gasteiger partial charge in [0, 0.05) is 11.9 Å². The molecule has 0 aliphatic carbocycles. The molecule has 1 fully saturated rings. The molecule has 1 amide bonds. The maximum Gasteiger partial charge on any atom is 0.262 e. The second-order valence-electron chi connectivity index (χ2n) is 8.62. The number of halogens is 1. The normalized spacial score (nSPS) is 14.3. The number of para-hydroxylation sites is 1. The third kappa shape index (κ3) is 5.53. The van der Waals surface area contributed by atoms with E-state index in [1.54, 1.807) is 18.2 Å². The van der Waals surface area contributed by atoms with Crippen LogP contribution in [0.15, 0.2) is 42.6 Å². The summed E-state index contributed by atoms with van der Waals surface area (Å²) in [5.41, 5.74) is 4.06. The van der Waals surface area contributed by atoms with Gasteiger partial charge in [-0.05, 0) is 81.2 Å². The first-order chi connectivity index (χ1) is 16.9. The van der Waals surface area contributed by atoms with Crippen LogP contribution in [0.5, 0.6) is 5.88 Å². The number of nitrogens with one attached hydrogen (secondary N) is 2. The number of hydrogen-bond donors (Lipinski definition) is 2. The molecule has 1 saturated heterocycles. The summed E-state index contributed by atoms with van der Waals surface area (Å²) in [5.74, 6) is 0.455. The Morgan fingerprint density at radius 3 is 2.71 bits per heavy atom. The Morgan fingerprint density at radius 1 is 1.26 bits per heavy atom. The average Bonchev–Trinajstić information content (AvgIpc) is 2.86. The maximum absolute atomic E-state index is 12.9. The summed E-state index contributed by atoms with van der Waals surface area (Å²) in [5, 5.41) is 15.4. The van der Waals surface area contributed by atoms with E-state index in [0.717, 1.165) is 31.6 Å². The minimum atomic E-state index is -0.531. The number of benzene rings is 2. The number of hydrogen-bond acceptors (Lipinski definition) is 7. The van der Waals surface area contributed by atoms with Crippen LogP contribution >= 0.6 is 11.6 Å². The van der Waals surface area contributed by atoms with Crippen molar-refractivity contribution in [2.24, 2.45) is 0 Å². The zero-order valence-corrected chi connectivity index (χ0v) is 20.7. The van der Waals surface area contributed by atoms with E-state index >= 15 is 0 Å². The predicted molar refractivity (Wildman–Crippen MR) is 137 cm³/mol. The van der Waals surface area contributed by atoms with Crippen LogP contribution in [-0.2, 0) is 0 Å². The molecule has 2 aromatic carbocycles. The van der Waals surface area contributed by atoms with Crippen molar-refractivity contribution < 1.29 is 9.53 Å². The predicted octanol–water partition coefficient (Wildman–Crippen LogP) is 5.12. The summed E-state index contributed by atoms with van der Waals surface area (Å²) in [6.07, 6.45) is 3.71. The zero-order valence-electron chi connectivity index (χ0n) is 19.9. The van der Waals surface area contributed by atoms with E-state index in [0.29, 0.717) is 11.9 Å².